The van der Waals surface area contributed by atoms with E-state index in [-0.39, 0.29) is 4.90 Å². The quantitative estimate of drug-likeness (QED) is 0.392. The Morgan fingerprint density at radius 1 is 1.00 bits per heavy atom. The first-order valence-electron chi connectivity index (χ1n) is 9.88. The zero-order valence-corrected chi connectivity index (χ0v) is 18.0. The number of aromatic amines is 1. The van der Waals surface area contributed by atoms with Crippen molar-refractivity contribution in [2.45, 2.75) is 11.8 Å². The van der Waals surface area contributed by atoms with Gasteiger partial charge in [-0.15, -0.1) is 0 Å². The molecule has 0 fully saturated rings. The molecule has 0 aliphatic rings. The zero-order valence-electron chi connectivity index (χ0n) is 17.2. The molecule has 0 spiro atoms. The summed E-state index contributed by atoms with van der Waals surface area (Å²) in [5.41, 5.74) is 4.69. The Bertz CT molecular complexity index is 1590. The molecule has 5 aromatic rings. The van der Waals surface area contributed by atoms with Crippen molar-refractivity contribution in [3.8, 4) is 11.3 Å². The Morgan fingerprint density at radius 2 is 1.81 bits per heavy atom. The molecular formula is C24H19N5O2S. The third-order valence-electron chi connectivity index (χ3n) is 5.36. The van der Waals surface area contributed by atoms with Crippen molar-refractivity contribution in [1.82, 2.24) is 20.2 Å². The van der Waals surface area contributed by atoms with Crippen molar-refractivity contribution in [1.29, 1.82) is 0 Å². The summed E-state index contributed by atoms with van der Waals surface area (Å²) in [7, 11) is -3.46. The van der Waals surface area contributed by atoms with E-state index in [1.165, 1.54) is 12.1 Å². The highest BCUT2D eigenvalue weighted by atomic mass is 32.2. The number of H-pyrrole nitrogens is 1. The number of anilines is 2. The Hall–Kier alpha value is -4.04. The number of rotatable bonds is 5. The summed E-state index contributed by atoms with van der Waals surface area (Å²) in [6.45, 7) is 5.41. The van der Waals surface area contributed by atoms with Crippen LogP contribution in [0.2, 0.25) is 0 Å². The Labute approximate surface area is 184 Å². The van der Waals surface area contributed by atoms with Crippen LogP contribution in [0.25, 0.3) is 32.9 Å². The summed E-state index contributed by atoms with van der Waals surface area (Å²) < 4.78 is 23.8. The fourth-order valence-corrected chi connectivity index (χ4v) is 4.38. The first-order chi connectivity index (χ1) is 15.4. The van der Waals surface area contributed by atoms with E-state index in [1.807, 2.05) is 12.1 Å². The predicted molar refractivity (Wildman–Crippen MR) is 126 cm³/mol. The maximum absolute atomic E-state index is 11.9. The SMILES string of the molecule is C=CS(=O)(=O)c1ccc(Nc2cc3c(-c4cc5cn[nH]c5cc4C)nccc3cn2)cc1. The monoisotopic (exact) mass is 441 g/mol. The lowest BCUT2D eigenvalue weighted by Gasteiger charge is -2.11. The number of aromatic nitrogens is 4. The van der Waals surface area contributed by atoms with Gasteiger partial charge in [0.1, 0.15) is 5.82 Å². The van der Waals surface area contributed by atoms with Crippen LogP contribution >= 0.6 is 0 Å². The standard InChI is InChI=1S/C24H19N5O2S/c1-3-32(30,31)19-6-4-18(5-7-19)28-23-12-21-16(13-26-23)8-9-25-24(21)20-11-17-14-27-29-22(17)10-15(20)2/h3-14H,1H2,2H3,(H,26,28)(H,27,29). The van der Waals surface area contributed by atoms with Gasteiger partial charge in [0, 0.05) is 45.2 Å². The smallest absolute Gasteiger partial charge is 0.199 e. The van der Waals surface area contributed by atoms with Gasteiger partial charge in [0.15, 0.2) is 9.84 Å². The fourth-order valence-electron chi connectivity index (χ4n) is 3.68. The number of hydrogen-bond acceptors (Lipinski definition) is 6. The molecule has 0 bridgehead atoms. The highest BCUT2D eigenvalue weighted by Crippen LogP contribution is 2.32. The number of sulfone groups is 1. The second kappa shape index (κ2) is 7.58. The molecule has 158 valence electrons. The molecule has 0 saturated heterocycles. The van der Waals surface area contributed by atoms with Crippen LogP contribution in [0.5, 0.6) is 0 Å². The van der Waals surface area contributed by atoms with E-state index < -0.39 is 9.84 Å². The largest absolute Gasteiger partial charge is 0.340 e. The van der Waals surface area contributed by atoms with Crippen LogP contribution in [-0.4, -0.2) is 28.6 Å². The van der Waals surface area contributed by atoms with Crippen LogP contribution in [0.15, 0.2) is 84.0 Å². The zero-order chi connectivity index (χ0) is 22.3. The van der Waals surface area contributed by atoms with Gasteiger partial charge in [-0.3, -0.25) is 10.1 Å². The second-order valence-electron chi connectivity index (χ2n) is 7.44. The molecule has 0 unspecified atom stereocenters. The number of benzene rings is 2. The number of fused-ring (bicyclic) bond motifs is 2. The van der Waals surface area contributed by atoms with Crippen molar-refractivity contribution in [2.24, 2.45) is 0 Å². The van der Waals surface area contributed by atoms with E-state index >= 15 is 0 Å². The lowest BCUT2D eigenvalue weighted by molar-refractivity contribution is 0.605. The maximum atomic E-state index is 11.9. The Morgan fingerprint density at radius 3 is 2.59 bits per heavy atom. The highest BCUT2D eigenvalue weighted by Gasteiger charge is 2.12. The van der Waals surface area contributed by atoms with Crippen molar-refractivity contribution in [2.75, 3.05) is 5.32 Å². The van der Waals surface area contributed by atoms with Crippen LogP contribution in [0.4, 0.5) is 11.5 Å². The number of aryl methyl sites for hydroxylation is 1. The predicted octanol–water partition coefficient (Wildman–Crippen LogP) is 5.14. The molecule has 0 saturated carbocycles. The van der Waals surface area contributed by atoms with Crippen LogP contribution < -0.4 is 5.32 Å². The van der Waals surface area contributed by atoms with Gasteiger partial charge >= 0.3 is 0 Å². The summed E-state index contributed by atoms with van der Waals surface area (Å²) in [6.07, 6.45) is 5.38. The highest BCUT2D eigenvalue weighted by molar-refractivity contribution is 7.94. The summed E-state index contributed by atoms with van der Waals surface area (Å²) in [5, 5.41) is 14.2. The molecular weight excluding hydrogens is 422 g/mol. The summed E-state index contributed by atoms with van der Waals surface area (Å²) in [4.78, 5) is 9.36. The van der Waals surface area contributed by atoms with Gasteiger partial charge in [-0.25, -0.2) is 13.4 Å². The topological polar surface area (TPSA) is 101 Å². The number of nitrogens with zero attached hydrogens (tertiary/aromatic N) is 3. The van der Waals surface area contributed by atoms with E-state index in [0.717, 1.165) is 49.6 Å². The minimum absolute atomic E-state index is 0.195. The molecule has 0 radical (unpaired) electrons. The fraction of sp³-hybridized carbons (Fsp3) is 0.0417. The van der Waals surface area contributed by atoms with Gasteiger partial charge in [0.05, 0.1) is 22.3 Å². The maximum Gasteiger partial charge on any atom is 0.199 e. The summed E-state index contributed by atoms with van der Waals surface area (Å²) in [6, 6.07) is 14.5. The summed E-state index contributed by atoms with van der Waals surface area (Å²) in [5.74, 6) is 0.633. The van der Waals surface area contributed by atoms with Crippen LogP contribution in [0, 0.1) is 6.92 Å². The molecule has 8 heteroatoms. The lowest BCUT2D eigenvalue weighted by Crippen LogP contribution is -1.98. The third kappa shape index (κ3) is 3.50. The number of nitrogens with one attached hydrogen (secondary N) is 2. The molecule has 3 aromatic heterocycles. The van der Waals surface area contributed by atoms with Gasteiger partial charge < -0.3 is 5.32 Å². The van der Waals surface area contributed by atoms with Gasteiger partial charge in [0.2, 0.25) is 0 Å². The van der Waals surface area contributed by atoms with Gasteiger partial charge in [0.25, 0.3) is 0 Å². The molecule has 0 aliphatic carbocycles. The molecule has 32 heavy (non-hydrogen) atoms. The average molecular weight is 442 g/mol. The molecule has 5 rings (SSSR count). The lowest BCUT2D eigenvalue weighted by atomic mass is 9.99. The van der Waals surface area contributed by atoms with Crippen LogP contribution in [0.1, 0.15) is 5.56 Å². The molecule has 0 atom stereocenters. The first-order valence-corrected chi connectivity index (χ1v) is 11.4. The van der Waals surface area contributed by atoms with Crippen molar-refractivity contribution in [3.05, 3.63) is 84.7 Å². The normalized spacial score (nSPS) is 11.7. The van der Waals surface area contributed by atoms with Gasteiger partial charge in [-0.1, -0.05) is 6.58 Å². The Balaban J connectivity index is 1.55. The van der Waals surface area contributed by atoms with Crippen molar-refractivity contribution < 1.29 is 8.42 Å². The molecule has 2 N–H and O–H groups in total. The molecule has 0 amide bonds. The van der Waals surface area contributed by atoms with E-state index in [9.17, 15) is 8.42 Å². The van der Waals surface area contributed by atoms with E-state index in [0.29, 0.717) is 5.82 Å². The van der Waals surface area contributed by atoms with Crippen LogP contribution in [-0.2, 0) is 9.84 Å². The molecule has 0 aliphatic heterocycles. The van der Waals surface area contributed by atoms with Gasteiger partial charge in [-0.05, 0) is 61.0 Å². The Kier molecular flexibility index (Phi) is 4.71. The number of pyridine rings is 2. The van der Waals surface area contributed by atoms with E-state index in [4.69, 9.17) is 0 Å². The molecule has 7 nitrogen and oxygen atoms in total. The van der Waals surface area contributed by atoms with E-state index in [1.54, 1.807) is 30.7 Å². The average Bonchev–Trinajstić information content (AvgIpc) is 3.26. The minimum atomic E-state index is -3.46. The third-order valence-corrected chi connectivity index (χ3v) is 6.73. The minimum Gasteiger partial charge on any atom is -0.340 e. The number of hydrogen-bond donors (Lipinski definition) is 2. The molecule has 3 heterocycles. The second-order valence-corrected chi connectivity index (χ2v) is 9.33. The van der Waals surface area contributed by atoms with E-state index in [2.05, 4.69) is 51.1 Å². The van der Waals surface area contributed by atoms with Crippen molar-refractivity contribution >= 4 is 43.0 Å². The first kappa shape index (κ1) is 19.9. The summed E-state index contributed by atoms with van der Waals surface area (Å²) >= 11 is 0. The van der Waals surface area contributed by atoms with Crippen molar-refractivity contribution in [3.63, 3.8) is 0 Å². The van der Waals surface area contributed by atoms with Crippen LogP contribution in [0.3, 0.4) is 0 Å². The van der Waals surface area contributed by atoms with Gasteiger partial charge in [-0.2, -0.15) is 5.10 Å². The molecule has 2 aromatic carbocycles.